The third-order valence-corrected chi connectivity index (χ3v) is 4.55. The molecule has 8 heteroatoms. The van der Waals surface area contributed by atoms with Gasteiger partial charge in [-0.05, 0) is 25.1 Å². The Morgan fingerprint density at radius 3 is 2.67 bits per heavy atom. The van der Waals surface area contributed by atoms with Crippen LogP contribution in [0.4, 0.5) is 0 Å². The summed E-state index contributed by atoms with van der Waals surface area (Å²) in [6, 6.07) is 4.92. The molecule has 0 atom stereocenters. The number of methoxy groups -OCH3 is 1. The molecule has 0 amide bonds. The molecule has 0 aliphatic heterocycles. The predicted octanol–water partition coefficient (Wildman–Crippen LogP) is 1.36. The van der Waals surface area contributed by atoms with Crippen LogP contribution in [0.2, 0.25) is 0 Å². The molecule has 6 nitrogen and oxygen atoms in total. The molecule has 0 bridgehead atoms. The largest absolute Gasteiger partial charge is 0.492 e. The van der Waals surface area contributed by atoms with E-state index in [1.54, 1.807) is 19.2 Å². The zero-order valence-electron chi connectivity index (χ0n) is 12.2. The second kappa shape index (κ2) is 9.37. The second-order valence-corrected chi connectivity index (χ2v) is 6.82. The van der Waals surface area contributed by atoms with E-state index in [0.29, 0.717) is 43.1 Å². The van der Waals surface area contributed by atoms with Crippen molar-refractivity contribution in [3.8, 4) is 5.75 Å². The Kier molecular flexibility index (Phi) is 8.20. The van der Waals surface area contributed by atoms with Gasteiger partial charge in [-0.15, -0.1) is 0 Å². The standard InChI is InChI=1S/C13H21BrN2O4S/c1-3-20-12-5-4-11(14)10-13(12)21(17,18)16-7-6-15-8-9-19-2/h4-5,10,15-16H,3,6-9H2,1-2H3. The van der Waals surface area contributed by atoms with Gasteiger partial charge in [0.2, 0.25) is 10.0 Å². The first-order valence-electron chi connectivity index (χ1n) is 6.63. The summed E-state index contributed by atoms with van der Waals surface area (Å²) in [5.41, 5.74) is 0. The molecular formula is C13H21BrN2O4S. The number of halogens is 1. The van der Waals surface area contributed by atoms with E-state index in [1.165, 1.54) is 6.07 Å². The number of hydrogen-bond acceptors (Lipinski definition) is 5. The highest BCUT2D eigenvalue weighted by Gasteiger charge is 2.19. The molecule has 0 fully saturated rings. The zero-order valence-corrected chi connectivity index (χ0v) is 14.6. The average Bonchev–Trinajstić information content (AvgIpc) is 2.45. The molecule has 0 saturated carbocycles. The summed E-state index contributed by atoms with van der Waals surface area (Å²) < 4.78 is 38.1. The summed E-state index contributed by atoms with van der Waals surface area (Å²) in [7, 11) is -1.99. The predicted molar refractivity (Wildman–Crippen MR) is 85.2 cm³/mol. The molecular weight excluding hydrogens is 360 g/mol. The Morgan fingerprint density at radius 1 is 1.24 bits per heavy atom. The summed E-state index contributed by atoms with van der Waals surface area (Å²) in [5, 5.41) is 3.07. The van der Waals surface area contributed by atoms with Crippen LogP contribution in [0.15, 0.2) is 27.6 Å². The lowest BCUT2D eigenvalue weighted by molar-refractivity contribution is 0.199. The van der Waals surface area contributed by atoms with Gasteiger partial charge in [-0.3, -0.25) is 0 Å². The van der Waals surface area contributed by atoms with E-state index in [1.807, 2.05) is 6.92 Å². The van der Waals surface area contributed by atoms with Gasteiger partial charge in [-0.2, -0.15) is 0 Å². The van der Waals surface area contributed by atoms with Gasteiger partial charge in [0.1, 0.15) is 10.6 Å². The van der Waals surface area contributed by atoms with E-state index in [4.69, 9.17) is 9.47 Å². The molecule has 0 radical (unpaired) electrons. The maximum Gasteiger partial charge on any atom is 0.244 e. The normalized spacial score (nSPS) is 11.6. The Bertz CT molecular complexity index is 537. The molecule has 0 unspecified atom stereocenters. The maximum atomic E-state index is 12.3. The van der Waals surface area contributed by atoms with Crippen molar-refractivity contribution in [3.63, 3.8) is 0 Å². The second-order valence-electron chi connectivity index (χ2n) is 4.16. The number of sulfonamides is 1. The first kappa shape index (κ1) is 18.4. The van der Waals surface area contributed by atoms with E-state index in [-0.39, 0.29) is 4.90 Å². The van der Waals surface area contributed by atoms with Crippen molar-refractivity contribution < 1.29 is 17.9 Å². The molecule has 0 heterocycles. The lowest BCUT2D eigenvalue weighted by atomic mass is 10.3. The molecule has 2 N–H and O–H groups in total. The van der Waals surface area contributed by atoms with E-state index >= 15 is 0 Å². The Morgan fingerprint density at radius 2 is 2.00 bits per heavy atom. The van der Waals surface area contributed by atoms with Crippen LogP contribution in [0.3, 0.4) is 0 Å². The molecule has 0 saturated heterocycles. The van der Waals surface area contributed by atoms with Crippen molar-refractivity contribution >= 4 is 26.0 Å². The van der Waals surface area contributed by atoms with Crippen LogP contribution in [0, 0.1) is 0 Å². The summed E-state index contributed by atoms with van der Waals surface area (Å²) in [6.45, 7) is 4.31. The SMILES string of the molecule is CCOc1ccc(Br)cc1S(=O)(=O)NCCNCCOC. The van der Waals surface area contributed by atoms with Gasteiger partial charge in [0, 0.05) is 31.2 Å². The van der Waals surface area contributed by atoms with Gasteiger partial charge in [0.25, 0.3) is 0 Å². The van der Waals surface area contributed by atoms with E-state index < -0.39 is 10.0 Å². The zero-order chi connectivity index (χ0) is 15.7. The topological polar surface area (TPSA) is 76.7 Å². The van der Waals surface area contributed by atoms with Gasteiger partial charge < -0.3 is 14.8 Å². The summed E-state index contributed by atoms with van der Waals surface area (Å²) in [6.07, 6.45) is 0. The van der Waals surface area contributed by atoms with Crippen molar-refractivity contribution in [1.82, 2.24) is 10.0 Å². The highest BCUT2D eigenvalue weighted by atomic mass is 79.9. The van der Waals surface area contributed by atoms with Crippen molar-refractivity contribution in [2.45, 2.75) is 11.8 Å². The number of rotatable bonds is 10. The highest BCUT2D eigenvalue weighted by molar-refractivity contribution is 9.10. The van der Waals surface area contributed by atoms with Crippen LogP contribution in [0.5, 0.6) is 5.75 Å². The van der Waals surface area contributed by atoms with Crippen molar-refractivity contribution in [2.24, 2.45) is 0 Å². The van der Waals surface area contributed by atoms with Gasteiger partial charge in [-0.1, -0.05) is 15.9 Å². The fraction of sp³-hybridized carbons (Fsp3) is 0.538. The summed E-state index contributed by atoms with van der Waals surface area (Å²) in [4.78, 5) is 0.135. The monoisotopic (exact) mass is 380 g/mol. The smallest absolute Gasteiger partial charge is 0.244 e. The summed E-state index contributed by atoms with van der Waals surface area (Å²) >= 11 is 3.28. The highest BCUT2D eigenvalue weighted by Crippen LogP contribution is 2.27. The van der Waals surface area contributed by atoms with Crippen LogP contribution in [-0.2, 0) is 14.8 Å². The Hall–Kier alpha value is -0.670. The third kappa shape index (κ3) is 6.31. The average molecular weight is 381 g/mol. The number of ether oxygens (including phenoxy) is 2. The molecule has 21 heavy (non-hydrogen) atoms. The first-order valence-corrected chi connectivity index (χ1v) is 8.90. The quantitative estimate of drug-likeness (QED) is 0.599. The van der Waals surface area contributed by atoms with E-state index in [2.05, 4.69) is 26.0 Å². The lowest BCUT2D eigenvalue weighted by Crippen LogP contribution is -2.33. The van der Waals surface area contributed by atoms with Gasteiger partial charge >= 0.3 is 0 Å². The fourth-order valence-electron chi connectivity index (χ4n) is 1.62. The first-order chi connectivity index (χ1) is 10.0. The van der Waals surface area contributed by atoms with Gasteiger partial charge in [0.15, 0.2) is 0 Å². The molecule has 0 spiro atoms. The Labute approximate surface area is 134 Å². The lowest BCUT2D eigenvalue weighted by Gasteiger charge is -2.12. The minimum Gasteiger partial charge on any atom is -0.492 e. The fourth-order valence-corrected chi connectivity index (χ4v) is 3.33. The maximum absolute atomic E-state index is 12.3. The molecule has 1 rings (SSSR count). The summed E-state index contributed by atoms with van der Waals surface area (Å²) in [5.74, 6) is 0.348. The van der Waals surface area contributed by atoms with Crippen molar-refractivity contribution in [2.75, 3.05) is 40.0 Å². The van der Waals surface area contributed by atoms with Crippen LogP contribution in [-0.4, -0.2) is 48.4 Å². The van der Waals surface area contributed by atoms with Crippen LogP contribution < -0.4 is 14.8 Å². The third-order valence-electron chi connectivity index (χ3n) is 2.57. The minimum atomic E-state index is -3.60. The van der Waals surface area contributed by atoms with Crippen molar-refractivity contribution in [1.29, 1.82) is 0 Å². The van der Waals surface area contributed by atoms with Crippen LogP contribution in [0.1, 0.15) is 6.92 Å². The van der Waals surface area contributed by atoms with E-state index in [9.17, 15) is 8.42 Å². The number of benzene rings is 1. The molecule has 1 aromatic rings. The van der Waals surface area contributed by atoms with Crippen molar-refractivity contribution in [3.05, 3.63) is 22.7 Å². The molecule has 1 aromatic carbocycles. The van der Waals surface area contributed by atoms with E-state index in [0.717, 1.165) is 0 Å². The minimum absolute atomic E-state index is 0.135. The number of hydrogen-bond donors (Lipinski definition) is 2. The molecule has 120 valence electrons. The number of nitrogens with one attached hydrogen (secondary N) is 2. The Balaban J connectivity index is 2.67. The van der Waals surface area contributed by atoms with Gasteiger partial charge in [-0.25, -0.2) is 13.1 Å². The van der Waals surface area contributed by atoms with Gasteiger partial charge in [0.05, 0.1) is 13.2 Å². The molecule has 0 aromatic heterocycles. The molecule has 0 aliphatic carbocycles. The van der Waals surface area contributed by atoms with Crippen LogP contribution in [0.25, 0.3) is 0 Å². The van der Waals surface area contributed by atoms with Crippen LogP contribution >= 0.6 is 15.9 Å². The molecule has 0 aliphatic rings.